The lowest BCUT2D eigenvalue weighted by Gasteiger charge is -2.42. The third kappa shape index (κ3) is 25.7. The molecular weight excluding hydrogens is 1710 g/mol. The third-order valence-electron chi connectivity index (χ3n) is 23.4. The van der Waals surface area contributed by atoms with E-state index < -0.39 is 0 Å². The van der Waals surface area contributed by atoms with Crippen molar-refractivity contribution in [2.75, 3.05) is 241 Å². The molecule has 38 nitrogen and oxygen atoms in total. The van der Waals surface area contributed by atoms with Crippen LogP contribution in [0.3, 0.4) is 0 Å². The van der Waals surface area contributed by atoms with Crippen LogP contribution in [0.2, 0.25) is 0 Å². The van der Waals surface area contributed by atoms with E-state index in [1.165, 1.54) is 0 Å². The molecule has 6 fully saturated rings. The highest BCUT2D eigenvalue weighted by Gasteiger charge is 2.30. The molecule has 3 aromatic carbocycles. The van der Waals surface area contributed by atoms with E-state index in [0.717, 1.165) is 198 Å². The Morgan fingerprint density at radius 3 is 1.07 bits per heavy atom. The molecule has 12 N–H and O–H groups in total. The fraction of sp³-hybridized carbons (Fsp3) is 0.340. The molecule has 6 saturated heterocycles. The number of hydrogen-bond acceptors (Lipinski definition) is 27. The third-order valence-corrected chi connectivity index (χ3v) is 23.4. The van der Waals surface area contributed by atoms with Crippen molar-refractivity contribution in [2.24, 2.45) is 0 Å². The molecule has 0 bridgehead atoms. The van der Waals surface area contributed by atoms with Gasteiger partial charge in [-0.15, -0.1) is 0 Å². The van der Waals surface area contributed by atoms with E-state index in [2.05, 4.69) is 173 Å². The van der Waals surface area contributed by atoms with E-state index in [-0.39, 0.29) is 42.0 Å². The first-order valence-electron chi connectivity index (χ1n) is 45.4. The molecule has 2 unspecified atom stereocenters. The topological polar surface area (TPSA) is 414 Å². The SMILES string of the molecule is C=C(/C=C/CN(C)C)NC1CN(c2ccnc(NC(=O)Nc3ccc(-c4cc5c(N6CCOCC6)ncnc5[nH]4)cc3)c2)C1.CN(C)C/C=C/C(=O)NC1CCCN(c2ccnc(NC(=O)Nc3ccc(-c4cc5c(N6CCOCC6)ncnc5[nH]4)cc3)c2)C1.CN(C)C/C=C/C(=O)NC1CCN(c2ccnc(NC(=O)Nc3ccc(-c4cc5c(N6CCOCC6)ncnc5[nH]4)cc3)c2)C1. The zero-order valence-corrected chi connectivity index (χ0v) is 76.8. The van der Waals surface area contributed by atoms with Crippen molar-refractivity contribution in [1.29, 1.82) is 0 Å². The predicted molar refractivity (Wildman–Crippen MR) is 531 cm³/mol. The number of ether oxygens (including phenoxy) is 3. The number of urea groups is 3. The second-order valence-electron chi connectivity index (χ2n) is 34.4. The molecule has 2 atom stereocenters. The van der Waals surface area contributed by atoms with Gasteiger partial charge in [0.1, 0.15) is 70.8 Å². The molecule has 0 saturated carbocycles. The number of pyridine rings is 3. The summed E-state index contributed by atoms with van der Waals surface area (Å²) in [4.78, 5) is 132. The summed E-state index contributed by atoms with van der Waals surface area (Å²) in [5.41, 5.74) is 13.8. The van der Waals surface area contributed by atoms with Crippen molar-refractivity contribution >= 4 is 132 Å². The van der Waals surface area contributed by atoms with Gasteiger partial charge >= 0.3 is 18.1 Å². The number of morpholine rings is 3. The number of allylic oxidation sites excluding steroid dienone is 1. The number of H-pyrrole nitrogens is 3. The molecule has 8 amide bonds. The zero-order valence-electron chi connectivity index (χ0n) is 76.8. The van der Waals surface area contributed by atoms with Gasteiger partial charge in [0.2, 0.25) is 11.8 Å². The first kappa shape index (κ1) is 93.3. The van der Waals surface area contributed by atoms with Crippen LogP contribution in [0.1, 0.15) is 19.3 Å². The summed E-state index contributed by atoms with van der Waals surface area (Å²) in [5.74, 6) is 3.92. The molecule has 6 aliphatic rings. The lowest BCUT2D eigenvalue weighted by atomic mass is 10.0. The van der Waals surface area contributed by atoms with Crippen molar-refractivity contribution in [1.82, 2.24) is 90.5 Å². The average molecular weight is 1830 g/mol. The quantitative estimate of drug-likeness (QED) is 0.0160. The van der Waals surface area contributed by atoms with Crippen molar-refractivity contribution in [3.8, 4) is 33.8 Å². The maximum atomic E-state index is 12.9. The van der Waals surface area contributed by atoms with E-state index in [4.69, 9.17) is 14.2 Å². The van der Waals surface area contributed by atoms with Gasteiger partial charge < -0.3 is 105 Å². The predicted octanol–water partition coefficient (Wildman–Crippen LogP) is 10.9. The summed E-state index contributed by atoms with van der Waals surface area (Å²) in [7, 11) is 11.9. The van der Waals surface area contributed by atoms with Crippen LogP contribution in [0.5, 0.6) is 0 Å². The number of rotatable bonds is 28. The molecule has 9 aromatic heterocycles. The number of nitrogens with one attached hydrogen (secondary N) is 12. The minimum Gasteiger partial charge on any atom is -0.379 e. The molecule has 0 spiro atoms. The Kier molecular flexibility index (Phi) is 31.1. The van der Waals surface area contributed by atoms with E-state index in [0.29, 0.717) is 106 Å². The Hall–Kier alpha value is -15.0. The number of nitrogens with zero attached hydrogens (tertiary/aromatic N) is 18. The van der Waals surface area contributed by atoms with E-state index in [1.807, 2.05) is 180 Å². The zero-order chi connectivity index (χ0) is 93.5. The van der Waals surface area contributed by atoms with E-state index in [9.17, 15) is 24.0 Å². The summed E-state index contributed by atoms with van der Waals surface area (Å²) in [6, 6.07) is 39.7. The summed E-state index contributed by atoms with van der Waals surface area (Å²) in [5, 5.41) is 29.7. The van der Waals surface area contributed by atoms with Crippen LogP contribution < -0.4 is 77.3 Å². The van der Waals surface area contributed by atoms with Gasteiger partial charge in [0.05, 0.1) is 61.8 Å². The van der Waals surface area contributed by atoms with Crippen LogP contribution in [-0.4, -0.2) is 303 Å². The van der Waals surface area contributed by atoms with Crippen molar-refractivity contribution in [3.63, 3.8) is 0 Å². The van der Waals surface area contributed by atoms with Crippen LogP contribution in [0.25, 0.3) is 66.9 Å². The highest BCUT2D eigenvalue weighted by Crippen LogP contribution is 2.36. The van der Waals surface area contributed by atoms with E-state index in [1.54, 1.807) is 49.7 Å². The van der Waals surface area contributed by atoms with Crippen LogP contribution in [0.15, 0.2) is 214 Å². The number of amides is 8. The van der Waals surface area contributed by atoms with Gasteiger partial charge in [-0.05, 0) is 157 Å². The van der Waals surface area contributed by atoms with Gasteiger partial charge in [-0.1, -0.05) is 61.2 Å². The van der Waals surface area contributed by atoms with Crippen LogP contribution >= 0.6 is 0 Å². The largest absolute Gasteiger partial charge is 0.379 e. The monoisotopic (exact) mass is 1830 g/mol. The second-order valence-corrected chi connectivity index (χ2v) is 34.4. The second kappa shape index (κ2) is 45.0. The van der Waals surface area contributed by atoms with Crippen LogP contribution in [0.4, 0.5) is 83.4 Å². The van der Waals surface area contributed by atoms with Gasteiger partial charge in [0.15, 0.2) is 0 Å². The molecule has 6 aliphatic heterocycles. The summed E-state index contributed by atoms with van der Waals surface area (Å²) >= 11 is 0. The molecule has 38 heteroatoms. The summed E-state index contributed by atoms with van der Waals surface area (Å²) in [6.07, 6.45) is 23.5. The first-order chi connectivity index (χ1) is 65.7. The minimum absolute atomic E-state index is 0.0465. The van der Waals surface area contributed by atoms with Gasteiger partial charge in [0, 0.05) is 216 Å². The maximum Gasteiger partial charge on any atom is 0.324 e. The minimum atomic E-state index is -0.389. The van der Waals surface area contributed by atoms with Gasteiger partial charge in [-0.25, -0.2) is 59.2 Å². The number of anilines is 12. The molecule has 0 radical (unpaired) electrons. The normalized spacial score (nSPS) is 16.5. The van der Waals surface area contributed by atoms with Gasteiger partial charge in [-0.3, -0.25) is 25.5 Å². The van der Waals surface area contributed by atoms with Gasteiger partial charge in [-0.2, -0.15) is 0 Å². The van der Waals surface area contributed by atoms with Gasteiger partial charge in [0.25, 0.3) is 0 Å². The standard InChI is InChI=1S/C33H40N10O3.C32H38N10O3.C32H38N10O2/c1-41(2)13-4-6-30(44)37-25-5-3-14-43(21-25)26-11-12-34-29(19-26)40-33(45)38-24-9-7-23(8-10-24)28-20-27-31(39-28)35-22-36-32(27)42-15-17-46-18-16-42;1-40(2)12-3-4-29(43)36-24-10-13-42(20-24)25-9-11-33-28(18-25)39-32(44)37-23-7-5-22(6-8-23)27-19-26-30(38-27)34-21-35-31(26)41-14-16-45-17-15-41;1-22(5-4-12-40(2)3)36-25-19-42(20-25)26-10-11-33-29(17-26)39-32(43)37-24-8-6-23(7-9-24)28-18-27-30(38-28)34-21-35-31(27)41-13-15-44-16-14-41/h4,6-12,19-20,22,25H,3,5,13-18,21H2,1-2H3,(H,37,44)(H,35,36,39)(H2,34,38,40,45);3-9,11,18-19,21,24H,10,12-17,20H2,1-2H3,(H,36,43)(H,34,35,38)(H2,33,37,39,44);4-11,17-18,21,25,36H,1,12-16,19-20H2,2-3H3,(H,34,35,38)(H2,33,37,39,43)/b6-4+;4-3+;5-4+. The van der Waals surface area contributed by atoms with Crippen molar-refractivity contribution in [2.45, 2.75) is 37.4 Å². The number of aromatic amines is 3. The molecular formula is C97H116N30O8. The summed E-state index contributed by atoms with van der Waals surface area (Å²) in [6.45, 7) is 20.0. The highest BCUT2D eigenvalue weighted by atomic mass is 16.5. The molecule has 135 heavy (non-hydrogen) atoms. The first-order valence-corrected chi connectivity index (χ1v) is 45.4. The molecule has 18 rings (SSSR count). The number of likely N-dealkylation sites (N-methyl/N-ethyl adjacent to an activating group) is 3. The lowest BCUT2D eigenvalue weighted by molar-refractivity contribution is -0.118. The Bertz CT molecular complexity index is 6160. The van der Waals surface area contributed by atoms with Crippen LogP contribution in [-0.2, 0) is 23.8 Å². The Labute approximate surface area is 782 Å². The number of fused-ring (bicyclic) bond motifs is 3. The number of hydrogen-bond donors (Lipinski definition) is 12. The van der Waals surface area contributed by atoms with E-state index >= 15 is 0 Å². The number of piperidine rings is 1. The number of benzene rings is 3. The Morgan fingerprint density at radius 1 is 0.370 bits per heavy atom. The fourth-order valence-electron chi connectivity index (χ4n) is 16.6. The Balaban J connectivity index is 0.000000147. The number of carbonyl (C=O) groups excluding carboxylic acids is 5. The summed E-state index contributed by atoms with van der Waals surface area (Å²) < 4.78 is 16.5. The maximum absolute atomic E-state index is 12.9. The molecule has 12 aromatic rings. The fourth-order valence-corrected chi connectivity index (χ4v) is 16.6. The average Bonchev–Trinajstić information content (AvgIpc) is 1.64. The van der Waals surface area contributed by atoms with Crippen molar-refractivity contribution in [3.05, 3.63) is 214 Å². The lowest BCUT2D eigenvalue weighted by Crippen LogP contribution is -2.57. The molecule has 702 valence electrons. The van der Waals surface area contributed by atoms with Crippen LogP contribution in [0, 0.1) is 0 Å². The number of carbonyl (C=O) groups is 5. The Morgan fingerprint density at radius 2 is 0.704 bits per heavy atom. The highest BCUT2D eigenvalue weighted by molar-refractivity contribution is 6.02. The van der Waals surface area contributed by atoms with Crippen molar-refractivity contribution < 1.29 is 38.2 Å². The molecule has 0 aliphatic carbocycles. The number of aromatic nitrogens is 12. The molecule has 15 heterocycles. The smallest absolute Gasteiger partial charge is 0.324 e.